The molecule has 2 heterocycles. The maximum absolute atomic E-state index is 8.25. The maximum atomic E-state index is 8.25. The van der Waals surface area contributed by atoms with Crippen molar-refractivity contribution >= 4 is 22.8 Å². The Morgan fingerprint density at radius 2 is 2.38 bits per heavy atom. The number of azide groups is 1. The Bertz CT molecular complexity index is 493. The van der Waals surface area contributed by atoms with Gasteiger partial charge in [-0.2, -0.15) is 4.98 Å². The zero-order valence-electron chi connectivity index (χ0n) is 6.47. The lowest BCUT2D eigenvalue weighted by molar-refractivity contribution is 1.19. The van der Waals surface area contributed by atoms with Gasteiger partial charge in [-0.1, -0.05) is 0 Å². The molecule has 0 atom stereocenters. The lowest BCUT2D eigenvalue weighted by Gasteiger charge is -1.95. The number of rotatable bonds is 1. The number of nitrogens with zero attached hydrogens (tertiary/aromatic N) is 5. The molecule has 64 valence electrons. The molecule has 2 aromatic heterocycles. The quantitative estimate of drug-likeness (QED) is 0.388. The number of nitrogens with one attached hydrogen (secondary N) is 1. The summed E-state index contributed by atoms with van der Waals surface area (Å²) in [5.41, 5.74) is 14.2. The number of hydrogen-bond donors (Lipinski definition) is 2. The smallest absolute Gasteiger partial charge is 0.222 e. The van der Waals surface area contributed by atoms with E-state index in [1.54, 1.807) is 12.3 Å². The Morgan fingerprint density at radius 1 is 1.54 bits per heavy atom. The minimum atomic E-state index is 0.0809. The van der Waals surface area contributed by atoms with Crippen molar-refractivity contribution < 1.29 is 0 Å². The number of hydrogen-bond acceptors (Lipinski definition) is 4. The van der Waals surface area contributed by atoms with Crippen LogP contribution < -0.4 is 5.73 Å². The highest BCUT2D eigenvalue weighted by Gasteiger charge is 2.04. The van der Waals surface area contributed by atoms with Crippen LogP contribution >= 0.6 is 0 Å². The number of fused-ring (bicyclic) bond motifs is 1. The fourth-order valence-electron chi connectivity index (χ4n) is 1.06. The number of anilines is 1. The van der Waals surface area contributed by atoms with E-state index < -0.39 is 0 Å². The lowest BCUT2D eigenvalue weighted by Crippen LogP contribution is -1.94. The van der Waals surface area contributed by atoms with Crippen LogP contribution in [0.4, 0.5) is 11.8 Å². The van der Waals surface area contributed by atoms with Crippen LogP contribution in [0.5, 0.6) is 0 Å². The third-order valence-corrected chi connectivity index (χ3v) is 1.55. The minimum Gasteiger partial charge on any atom is -0.368 e. The van der Waals surface area contributed by atoms with Gasteiger partial charge < -0.3 is 10.7 Å². The van der Waals surface area contributed by atoms with Crippen LogP contribution in [0.25, 0.3) is 21.5 Å². The predicted octanol–water partition coefficient (Wildman–Crippen LogP) is 1.48. The Morgan fingerprint density at radius 3 is 3.15 bits per heavy atom. The van der Waals surface area contributed by atoms with Gasteiger partial charge in [0.05, 0.1) is 0 Å². The third kappa shape index (κ3) is 1.13. The predicted molar refractivity (Wildman–Crippen MR) is 47.1 cm³/mol. The normalized spacial score (nSPS) is 9.85. The maximum Gasteiger partial charge on any atom is 0.222 e. The minimum absolute atomic E-state index is 0.0809. The summed E-state index contributed by atoms with van der Waals surface area (Å²) >= 11 is 0. The van der Waals surface area contributed by atoms with E-state index in [2.05, 4.69) is 25.0 Å². The molecule has 0 radical (unpaired) electrons. The second kappa shape index (κ2) is 2.65. The van der Waals surface area contributed by atoms with E-state index in [1.807, 2.05) is 0 Å². The summed E-state index contributed by atoms with van der Waals surface area (Å²) in [6.45, 7) is 0. The SMILES string of the molecule is [N-]=[N+]=Nc1nc(N)nc2[nH]ccc12. The first-order chi connectivity index (χ1) is 6.31. The summed E-state index contributed by atoms with van der Waals surface area (Å²) in [7, 11) is 0. The molecule has 7 nitrogen and oxygen atoms in total. The first-order valence-corrected chi connectivity index (χ1v) is 3.47. The fourth-order valence-corrected chi connectivity index (χ4v) is 1.06. The van der Waals surface area contributed by atoms with Gasteiger partial charge in [-0.25, -0.2) is 4.98 Å². The second-order valence-electron chi connectivity index (χ2n) is 2.33. The molecule has 0 aliphatic carbocycles. The average Bonchev–Trinajstić information content (AvgIpc) is 2.52. The van der Waals surface area contributed by atoms with Crippen LogP contribution in [-0.4, -0.2) is 15.0 Å². The van der Waals surface area contributed by atoms with Gasteiger partial charge in [-0.15, -0.1) is 0 Å². The Kier molecular flexibility index (Phi) is 1.50. The van der Waals surface area contributed by atoms with Crippen LogP contribution in [0, 0.1) is 0 Å². The van der Waals surface area contributed by atoms with E-state index in [9.17, 15) is 0 Å². The molecule has 2 aromatic rings. The zero-order chi connectivity index (χ0) is 9.26. The summed E-state index contributed by atoms with van der Waals surface area (Å²) < 4.78 is 0. The first-order valence-electron chi connectivity index (χ1n) is 3.47. The van der Waals surface area contributed by atoms with Crippen LogP contribution in [0.3, 0.4) is 0 Å². The second-order valence-corrected chi connectivity index (χ2v) is 2.33. The molecule has 0 aliphatic heterocycles. The van der Waals surface area contributed by atoms with E-state index in [0.717, 1.165) is 0 Å². The molecule has 0 fully saturated rings. The van der Waals surface area contributed by atoms with Crippen molar-refractivity contribution in [2.75, 3.05) is 5.73 Å². The molecule has 0 aliphatic rings. The topological polar surface area (TPSA) is 116 Å². The molecule has 0 unspecified atom stereocenters. The van der Waals surface area contributed by atoms with Crippen molar-refractivity contribution in [1.82, 2.24) is 15.0 Å². The van der Waals surface area contributed by atoms with Gasteiger partial charge in [0.25, 0.3) is 0 Å². The largest absolute Gasteiger partial charge is 0.368 e. The van der Waals surface area contributed by atoms with Crippen molar-refractivity contribution in [3.8, 4) is 0 Å². The van der Waals surface area contributed by atoms with Crippen molar-refractivity contribution in [2.45, 2.75) is 0 Å². The highest BCUT2D eigenvalue weighted by Crippen LogP contribution is 2.22. The van der Waals surface area contributed by atoms with E-state index in [4.69, 9.17) is 11.3 Å². The van der Waals surface area contributed by atoms with Gasteiger partial charge in [0, 0.05) is 16.5 Å². The summed E-state index contributed by atoms with van der Waals surface area (Å²) in [5.74, 6) is 0.323. The van der Waals surface area contributed by atoms with Gasteiger partial charge in [0.15, 0.2) is 0 Å². The Labute approximate surface area is 72.2 Å². The molecule has 3 N–H and O–H groups in total. The number of aromatic amines is 1. The molecular formula is C6H5N7. The fraction of sp³-hybridized carbons (Fsp3) is 0. The Hall–Kier alpha value is -2.27. The molecule has 0 spiro atoms. The van der Waals surface area contributed by atoms with E-state index >= 15 is 0 Å². The summed E-state index contributed by atoms with van der Waals surface area (Å²) in [6.07, 6.45) is 1.68. The van der Waals surface area contributed by atoms with E-state index in [0.29, 0.717) is 11.0 Å². The van der Waals surface area contributed by atoms with E-state index in [1.165, 1.54) is 0 Å². The van der Waals surface area contributed by atoms with Crippen LogP contribution in [0.1, 0.15) is 0 Å². The molecule has 0 saturated heterocycles. The van der Waals surface area contributed by atoms with Gasteiger partial charge in [0.1, 0.15) is 11.5 Å². The molecule has 0 bridgehead atoms. The number of H-pyrrole nitrogens is 1. The van der Waals surface area contributed by atoms with Gasteiger partial charge in [-0.3, -0.25) is 0 Å². The molecule has 13 heavy (non-hydrogen) atoms. The number of nitrogens with two attached hydrogens (primary N) is 1. The molecule has 0 aromatic carbocycles. The average molecular weight is 175 g/mol. The van der Waals surface area contributed by atoms with Crippen molar-refractivity contribution in [3.05, 3.63) is 22.7 Å². The first kappa shape index (κ1) is 7.38. The standard InChI is InChI=1S/C6H5N7/c7-6-10-4-3(1-2-9-4)5(11-6)12-13-8/h1-2H,(H3,7,9,10,11). The number of aromatic nitrogens is 3. The van der Waals surface area contributed by atoms with Crippen LogP contribution in [-0.2, 0) is 0 Å². The van der Waals surface area contributed by atoms with Crippen LogP contribution in [0.2, 0.25) is 0 Å². The molecule has 7 heteroatoms. The highest BCUT2D eigenvalue weighted by molar-refractivity contribution is 5.86. The summed E-state index contributed by atoms with van der Waals surface area (Å²) in [6, 6.07) is 1.72. The van der Waals surface area contributed by atoms with Crippen molar-refractivity contribution in [1.29, 1.82) is 0 Å². The van der Waals surface area contributed by atoms with Crippen molar-refractivity contribution in [2.24, 2.45) is 5.11 Å². The number of nitrogen functional groups attached to an aromatic ring is 1. The van der Waals surface area contributed by atoms with Gasteiger partial charge in [0.2, 0.25) is 5.95 Å². The summed E-state index contributed by atoms with van der Waals surface area (Å²) in [5, 5.41) is 4.06. The zero-order valence-corrected chi connectivity index (χ0v) is 6.47. The molecule has 2 rings (SSSR count). The van der Waals surface area contributed by atoms with Gasteiger partial charge >= 0.3 is 0 Å². The molecular weight excluding hydrogens is 170 g/mol. The Balaban J connectivity index is 2.84. The van der Waals surface area contributed by atoms with E-state index in [-0.39, 0.29) is 11.8 Å². The highest BCUT2D eigenvalue weighted by atomic mass is 15.2. The van der Waals surface area contributed by atoms with Crippen LogP contribution in [0.15, 0.2) is 17.4 Å². The molecule has 0 saturated carbocycles. The monoisotopic (exact) mass is 175 g/mol. The molecule has 0 amide bonds. The van der Waals surface area contributed by atoms with Gasteiger partial charge in [-0.05, 0) is 16.7 Å². The summed E-state index contributed by atoms with van der Waals surface area (Å²) in [4.78, 5) is 13.2. The lowest BCUT2D eigenvalue weighted by atomic mass is 10.4. The third-order valence-electron chi connectivity index (χ3n) is 1.55. The van der Waals surface area contributed by atoms with Crippen molar-refractivity contribution in [3.63, 3.8) is 0 Å².